The normalized spacial score (nSPS) is 11.4. The molecule has 0 aromatic heterocycles. The Balaban J connectivity index is 4.03. The fraction of sp³-hybridized carbons (Fsp3) is 0.625. The fourth-order valence-electron chi connectivity index (χ4n) is 0.833. The first-order valence-electron chi connectivity index (χ1n) is 4.00. The Morgan fingerprint density at radius 2 is 2.29 bits per heavy atom. The Morgan fingerprint density at radius 1 is 1.64 bits per heavy atom. The molecule has 0 rings (SSSR count). The van der Waals surface area contributed by atoms with Crippen LogP contribution < -0.4 is 5.32 Å². The molecule has 1 atom stereocenters. The van der Waals surface area contributed by atoms with Crippen molar-refractivity contribution in [2.45, 2.75) is 18.9 Å². The molecule has 78 valence electrons. The van der Waals surface area contributed by atoms with Crippen LogP contribution in [0.2, 0.25) is 0 Å². The molecule has 0 fully saturated rings. The van der Waals surface area contributed by atoms with Gasteiger partial charge in [0, 0.05) is 13.5 Å². The van der Waals surface area contributed by atoms with E-state index in [4.69, 9.17) is 10.4 Å². The molecule has 0 aromatic rings. The monoisotopic (exact) mass is 200 g/mol. The summed E-state index contributed by atoms with van der Waals surface area (Å²) >= 11 is 0. The van der Waals surface area contributed by atoms with Crippen LogP contribution in [0.3, 0.4) is 0 Å². The van der Waals surface area contributed by atoms with E-state index in [1.165, 1.54) is 7.11 Å². The van der Waals surface area contributed by atoms with Crippen molar-refractivity contribution in [3.8, 4) is 6.07 Å². The zero-order chi connectivity index (χ0) is 11.0. The second-order valence-electron chi connectivity index (χ2n) is 2.59. The van der Waals surface area contributed by atoms with Crippen molar-refractivity contribution in [2.24, 2.45) is 0 Å². The topological polar surface area (TPSA) is 99.4 Å². The van der Waals surface area contributed by atoms with Crippen molar-refractivity contribution < 1.29 is 19.4 Å². The number of aliphatic carboxylic acids is 1. The SMILES string of the molecule is COCC(=O)N[C@H](CCC#N)C(=O)O. The maximum absolute atomic E-state index is 10.9. The van der Waals surface area contributed by atoms with Gasteiger partial charge in [-0.05, 0) is 6.42 Å². The highest BCUT2D eigenvalue weighted by Crippen LogP contribution is 1.96. The highest BCUT2D eigenvalue weighted by Gasteiger charge is 2.18. The average molecular weight is 200 g/mol. The number of ether oxygens (including phenoxy) is 1. The maximum Gasteiger partial charge on any atom is 0.326 e. The number of amides is 1. The predicted molar refractivity (Wildman–Crippen MR) is 46.3 cm³/mol. The largest absolute Gasteiger partial charge is 0.480 e. The molecular weight excluding hydrogens is 188 g/mol. The minimum Gasteiger partial charge on any atom is -0.480 e. The third-order valence-electron chi connectivity index (χ3n) is 1.45. The zero-order valence-electron chi connectivity index (χ0n) is 7.82. The van der Waals surface area contributed by atoms with Crippen molar-refractivity contribution in [3.63, 3.8) is 0 Å². The Labute approximate surface area is 81.5 Å². The molecule has 0 aliphatic rings. The van der Waals surface area contributed by atoms with Gasteiger partial charge in [0.2, 0.25) is 5.91 Å². The molecule has 0 saturated carbocycles. The number of carboxylic acid groups (broad SMARTS) is 1. The fourth-order valence-corrected chi connectivity index (χ4v) is 0.833. The lowest BCUT2D eigenvalue weighted by molar-refractivity contribution is -0.142. The first-order chi connectivity index (χ1) is 6.61. The molecule has 0 bridgehead atoms. The lowest BCUT2D eigenvalue weighted by Gasteiger charge is -2.12. The van der Waals surface area contributed by atoms with Gasteiger partial charge in [-0.1, -0.05) is 0 Å². The Kier molecular flexibility index (Phi) is 6.07. The Hall–Kier alpha value is -1.61. The van der Waals surface area contributed by atoms with E-state index in [1.807, 2.05) is 6.07 Å². The Morgan fingerprint density at radius 3 is 2.71 bits per heavy atom. The van der Waals surface area contributed by atoms with Crippen LogP contribution in [0.4, 0.5) is 0 Å². The molecule has 0 saturated heterocycles. The summed E-state index contributed by atoms with van der Waals surface area (Å²) in [6.45, 7) is -0.184. The first-order valence-corrected chi connectivity index (χ1v) is 4.00. The van der Waals surface area contributed by atoms with E-state index in [2.05, 4.69) is 10.1 Å². The molecule has 14 heavy (non-hydrogen) atoms. The number of methoxy groups -OCH3 is 1. The predicted octanol–water partition coefficient (Wildman–Crippen LogP) is -0.494. The number of nitriles is 1. The highest BCUT2D eigenvalue weighted by atomic mass is 16.5. The molecule has 0 aliphatic heterocycles. The number of carbonyl (C=O) groups is 2. The van der Waals surface area contributed by atoms with E-state index in [0.717, 1.165) is 0 Å². The van der Waals surface area contributed by atoms with Crippen LogP contribution in [0.1, 0.15) is 12.8 Å². The summed E-state index contributed by atoms with van der Waals surface area (Å²) in [4.78, 5) is 21.5. The van der Waals surface area contributed by atoms with Gasteiger partial charge < -0.3 is 15.2 Å². The van der Waals surface area contributed by atoms with Crippen LogP contribution in [-0.2, 0) is 14.3 Å². The molecular formula is C8H12N2O4. The van der Waals surface area contributed by atoms with Crippen LogP contribution in [0.15, 0.2) is 0 Å². The minimum absolute atomic E-state index is 0.0875. The highest BCUT2D eigenvalue weighted by molar-refractivity contribution is 5.84. The first kappa shape index (κ1) is 12.4. The van der Waals surface area contributed by atoms with E-state index in [-0.39, 0.29) is 19.4 Å². The van der Waals surface area contributed by atoms with Gasteiger partial charge in [0.1, 0.15) is 12.6 Å². The molecule has 2 N–H and O–H groups in total. The van der Waals surface area contributed by atoms with Gasteiger partial charge in [0.15, 0.2) is 0 Å². The molecule has 0 aliphatic carbocycles. The van der Waals surface area contributed by atoms with E-state index < -0.39 is 17.9 Å². The smallest absolute Gasteiger partial charge is 0.326 e. The summed E-state index contributed by atoms with van der Waals surface area (Å²) in [5.41, 5.74) is 0. The van der Waals surface area contributed by atoms with Gasteiger partial charge in [-0.2, -0.15) is 5.26 Å². The molecule has 6 nitrogen and oxygen atoms in total. The maximum atomic E-state index is 10.9. The van der Waals surface area contributed by atoms with Gasteiger partial charge in [0.25, 0.3) is 0 Å². The molecule has 6 heteroatoms. The number of carboxylic acids is 1. The zero-order valence-corrected chi connectivity index (χ0v) is 7.82. The minimum atomic E-state index is -1.15. The number of nitrogens with zero attached hydrogens (tertiary/aromatic N) is 1. The summed E-state index contributed by atoms with van der Waals surface area (Å²) in [7, 11) is 1.34. The van der Waals surface area contributed by atoms with Crippen molar-refractivity contribution >= 4 is 11.9 Å². The van der Waals surface area contributed by atoms with Crippen molar-refractivity contribution in [2.75, 3.05) is 13.7 Å². The molecule has 0 spiro atoms. The standard InChI is InChI=1S/C8H12N2O4/c1-14-5-7(11)10-6(8(12)13)3-2-4-9/h6H,2-3,5H2,1H3,(H,10,11)(H,12,13)/t6-/m1/s1. The van der Waals surface area contributed by atoms with Gasteiger partial charge in [-0.25, -0.2) is 4.79 Å². The third-order valence-corrected chi connectivity index (χ3v) is 1.45. The van der Waals surface area contributed by atoms with E-state index >= 15 is 0 Å². The van der Waals surface area contributed by atoms with Crippen LogP contribution >= 0.6 is 0 Å². The average Bonchev–Trinajstić information content (AvgIpc) is 2.12. The molecule has 0 unspecified atom stereocenters. The number of carbonyl (C=O) groups excluding carboxylic acids is 1. The van der Waals surface area contributed by atoms with Gasteiger partial charge in [-0.3, -0.25) is 4.79 Å². The van der Waals surface area contributed by atoms with Crippen molar-refractivity contribution in [3.05, 3.63) is 0 Å². The quantitative estimate of drug-likeness (QED) is 0.602. The number of hydrogen-bond acceptors (Lipinski definition) is 4. The summed E-state index contributed by atoms with van der Waals surface area (Å²) in [6.07, 6.45) is 0.186. The number of nitrogens with one attached hydrogen (secondary N) is 1. The number of hydrogen-bond donors (Lipinski definition) is 2. The van der Waals surface area contributed by atoms with Crippen LogP contribution in [0.5, 0.6) is 0 Å². The molecule has 0 radical (unpaired) electrons. The summed E-state index contributed by atoms with van der Waals surface area (Å²) in [5, 5.41) is 19.1. The van der Waals surface area contributed by atoms with Crippen molar-refractivity contribution in [1.29, 1.82) is 5.26 Å². The number of rotatable bonds is 6. The molecule has 1 amide bonds. The van der Waals surface area contributed by atoms with Crippen LogP contribution in [0.25, 0.3) is 0 Å². The van der Waals surface area contributed by atoms with Gasteiger partial charge in [0.05, 0.1) is 6.07 Å². The van der Waals surface area contributed by atoms with E-state index in [0.29, 0.717) is 0 Å². The van der Waals surface area contributed by atoms with Crippen LogP contribution in [0, 0.1) is 11.3 Å². The Bertz CT molecular complexity index is 246. The van der Waals surface area contributed by atoms with Gasteiger partial charge in [-0.15, -0.1) is 0 Å². The second-order valence-corrected chi connectivity index (χ2v) is 2.59. The second kappa shape index (κ2) is 6.86. The summed E-state index contributed by atoms with van der Waals surface area (Å²) in [6, 6.07) is 0.796. The third kappa shape index (κ3) is 5.11. The van der Waals surface area contributed by atoms with Crippen molar-refractivity contribution in [1.82, 2.24) is 5.32 Å². The lowest BCUT2D eigenvalue weighted by Crippen LogP contribution is -2.42. The van der Waals surface area contributed by atoms with E-state index in [9.17, 15) is 9.59 Å². The van der Waals surface area contributed by atoms with Crippen LogP contribution in [-0.4, -0.2) is 36.7 Å². The molecule has 0 heterocycles. The molecule has 0 aromatic carbocycles. The lowest BCUT2D eigenvalue weighted by atomic mass is 10.1. The summed E-state index contributed by atoms with van der Waals surface area (Å²) in [5.74, 6) is -1.65. The van der Waals surface area contributed by atoms with Gasteiger partial charge >= 0.3 is 5.97 Å². The summed E-state index contributed by atoms with van der Waals surface area (Å²) < 4.78 is 4.52. The van der Waals surface area contributed by atoms with E-state index in [1.54, 1.807) is 0 Å².